The average molecular weight is 368 g/mol. The third kappa shape index (κ3) is 4.05. The number of ether oxygens (including phenoxy) is 1. The minimum absolute atomic E-state index is 0.0759. The van der Waals surface area contributed by atoms with Crippen molar-refractivity contribution in [3.8, 4) is 11.4 Å². The maximum atomic E-state index is 12.3. The van der Waals surface area contributed by atoms with Crippen molar-refractivity contribution in [2.75, 3.05) is 18.2 Å². The Morgan fingerprint density at radius 1 is 1.19 bits per heavy atom. The summed E-state index contributed by atoms with van der Waals surface area (Å²) in [7, 11) is 1.63. The second-order valence-corrected chi connectivity index (χ2v) is 6.71. The van der Waals surface area contributed by atoms with Crippen LogP contribution in [0.15, 0.2) is 53.9 Å². The molecule has 1 N–H and O–H groups in total. The monoisotopic (exact) mass is 368 g/mol. The average Bonchev–Trinajstić information content (AvgIpc) is 3.12. The molecule has 0 spiro atoms. The first-order valence-corrected chi connectivity index (χ1v) is 9.10. The number of hydrogen-bond donors (Lipinski definition) is 1. The largest absolute Gasteiger partial charge is 0.497 e. The van der Waals surface area contributed by atoms with Crippen molar-refractivity contribution in [2.45, 2.75) is 19.0 Å². The van der Waals surface area contributed by atoms with Crippen LogP contribution < -0.4 is 10.1 Å². The lowest BCUT2D eigenvalue weighted by atomic mass is 10.1. The summed E-state index contributed by atoms with van der Waals surface area (Å²) in [5, 5.41) is 11.7. The fraction of sp³-hybridized carbons (Fsp3) is 0.211. The third-order valence-corrected chi connectivity index (χ3v) is 5.02. The van der Waals surface area contributed by atoms with E-state index in [9.17, 15) is 4.79 Å². The number of anilines is 1. The van der Waals surface area contributed by atoms with Gasteiger partial charge in [-0.05, 0) is 55.3 Å². The van der Waals surface area contributed by atoms with Crippen LogP contribution in [-0.2, 0) is 4.79 Å². The standard InChI is InChI=1S/C19H20N4O2S/c1-13-5-4-6-17(14(13)2)21-18(24)11-26-19-22-20-12-23(19)15-7-9-16(25-3)10-8-15/h4-10,12H,11H2,1-3H3,(H,21,24). The summed E-state index contributed by atoms with van der Waals surface area (Å²) >= 11 is 1.34. The molecule has 1 amide bonds. The molecule has 134 valence electrons. The molecule has 0 bridgehead atoms. The Kier molecular flexibility index (Phi) is 5.58. The Bertz CT molecular complexity index is 906. The smallest absolute Gasteiger partial charge is 0.234 e. The second-order valence-electron chi connectivity index (χ2n) is 5.77. The normalized spacial score (nSPS) is 10.6. The Morgan fingerprint density at radius 3 is 2.69 bits per heavy atom. The maximum Gasteiger partial charge on any atom is 0.234 e. The molecule has 26 heavy (non-hydrogen) atoms. The Hall–Kier alpha value is -2.80. The summed E-state index contributed by atoms with van der Waals surface area (Å²) < 4.78 is 7.01. The van der Waals surface area contributed by atoms with Crippen LogP contribution >= 0.6 is 11.8 Å². The van der Waals surface area contributed by atoms with Crippen LogP contribution in [0.2, 0.25) is 0 Å². The molecular weight excluding hydrogens is 348 g/mol. The van der Waals surface area contributed by atoms with Gasteiger partial charge in [0.25, 0.3) is 0 Å². The van der Waals surface area contributed by atoms with Crippen LogP contribution in [0.25, 0.3) is 5.69 Å². The van der Waals surface area contributed by atoms with E-state index < -0.39 is 0 Å². The van der Waals surface area contributed by atoms with Crippen molar-refractivity contribution in [3.63, 3.8) is 0 Å². The lowest BCUT2D eigenvalue weighted by Gasteiger charge is -2.10. The highest BCUT2D eigenvalue weighted by Crippen LogP contribution is 2.22. The van der Waals surface area contributed by atoms with Crippen molar-refractivity contribution >= 4 is 23.4 Å². The molecule has 0 saturated heterocycles. The molecule has 2 aromatic carbocycles. The van der Waals surface area contributed by atoms with Crippen LogP contribution in [0.3, 0.4) is 0 Å². The Labute approximate surface area is 156 Å². The summed E-state index contributed by atoms with van der Waals surface area (Å²) in [4.78, 5) is 12.3. The number of benzene rings is 2. The fourth-order valence-corrected chi connectivity index (χ4v) is 3.17. The van der Waals surface area contributed by atoms with Crippen molar-refractivity contribution < 1.29 is 9.53 Å². The number of carbonyl (C=O) groups excluding carboxylic acids is 1. The summed E-state index contributed by atoms with van der Waals surface area (Å²) in [6.45, 7) is 4.02. The minimum atomic E-state index is -0.0759. The van der Waals surface area contributed by atoms with Gasteiger partial charge in [0.15, 0.2) is 5.16 Å². The SMILES string of the molecule is COc1ccc(-n2cnnc2SCC(=O)Nc2cccc(C)c2C)cc1. The number of nitrogens with one attached hydrogen (secondary N) is 1. The van der Waals surface area contributed by atoms with E-state index >= 15 is 0 Å². The first kappa shape index (κ1) is 18.0. The molecule has 0 aliphatic carbocycles. The van der Waals surface area contributed by atoms with Crippen LogP contribution in [0.4, 0.5) is 5.69 Å². The molecule has 1 aromatic heterocycles. The van der Waals surface area contributed by atoms with Crippen molar-refractivity contribution in [1.82, 2.24) is 14.8 Å². The lowest BCUT2D eigenvalue weighted by molar-refractivity contribution is -0.113. The van der Waals surface area contributed by atoms with Crippen LogP contribution in [-0.4, -0.2) is 33.5 Å². The number of thioether (sulfide) groups is 1. The van der Waals surface area contributed by atoms with Crippen LogP contribution in [0.5, 0.6) is 5.75 Å². The number of hydrogen-bond acceptors (Lipinski definition) is 5. The van der Waals surface area contributed by atoms with E-state index in [1.807, 2.05) is 60.9 Å². The summed E-state index contributed by atoms with van der Waals surface area (Å²) in [6, 6.07) is 13.5. The van der Waals surface area contributed by atoms with Gasteiger partial charge in [-0.15, -0.1) is 10.2 Å². The van der Waals surface area contributed by atoms with E-state index in [1.165, 1.54) is 11.8 Å². The molecule has 3 rings (SSSR count). The molecule has 6 nitrogen and oxygen atoms in total. The highest BCUT2D eigenvalue weighted by Gasteiger charge is 2.11. The van der Waals surface area contributed by atoms with Gasteiger partial charge < -0.3 is 10.1 Å². The molecule has 0 fully saturated rings. The van der Waals surface area contributed by atoms with Gasteiger partial charge in [-0.1, -0.05) is 23.9 Å². The van der Waals surface area contributed by atoms with Gasteiger partial charge in [-0.3, -0.25) is 9.36 Å². The van der Waals surface area contributed by atoms with Crippen LogP contribution in [0.1, 0.15) is 11.1 Å². The zero-order chi connectivity index (χ0) is 18.5. The van der Waals surface area contributed by atoms with Gasteiger partial charge in [-0.25, -0.2) is 0 Å². The van der Waals surface area contributed by atoms with Crippen molar-refractivity contribution in [1.29, 1.82) is 0 Å². The topological polar surface area (TPSA) is 69.0 Å². The number of rotatable bonds is 6. The number of aromatic nitrogens is 3. The summed E-state index contributed by atoms with van der Waals surface area (Å²) in [6.07, 6.45) is 1.63. The number of methoxy groups -OCH3 is 1. The third-order valence-electron chi connectivity index (χ3n) is 4.08. The maximum absolute atomic E-state index is 12.3. The molecule has 0 aliphatic rings. The van der Waals surface area contributed by atoms with Gasteiger partial charge in [-0.2, -0.15) is 0 Å². The number of aryl methyl sites for hydroxylation is 1. The molecule has 0 radical (unpaired) electrons. The predicted molar refractivity (Wildman–Crippen MR) is 103 cm³/mol. The molecule has 0 aliphatic heterocycles. The van der Waals surface area contributed by atoms with Gasteiger partial charge in [0, 0.05) is 11.4 Å². The molecule has 0 unspecified atom stereocenters. The lowest BCUT2D eigenvalue weighted by Crippen LogP contribution is -2.15. The Balaban J connectivity index is 1.66. The molecule has 3 aromatic rings. The number of nitrogens with zero attached hydrogens (tertiary/aromatic N) is 3. The highest BCUT2D eigenvalue weighted by molar-refractivity contribution is 7.99. The number of carbonyl (C=O) groups is 1. The molecule has 0 saturated carbocycles. The first-order valence-electron chi connectivity index (χ1n) is 8.12. The van der Waals surface area contributed by atoms with E-state index in [-0.39, 0.29) is 11.7 Å². The molecule has 7 heteroatoms. The highest BCUT2D eigenvalue weighted by atomic mass is 32.2. The summed E-state index contributed by atoms with van der Waals surface area (Å²) in [5.41, 5.74) is 3.97. The van der Waals surface area contributed by atoms with E-state index in [2.05, 4.69) is 15.5 Å². The minimum Gasteiger partial charge on any atom is -0.497 e. The Morgan fingerprint density at radius 2 is 1.96 bits per heavy atom. The molecule has 1 heterocycles. The van der Waals surface area contributed by atoms with E-state index in [1.54, 1.807) is 13.4 Å². The second kappa shape index (κ2) is 8.05. The van der Waals surface area contributed by atoms with E-state index in [0.717, 1.165) is 28.3 Å². The van der Waals surface area contributed by atoms with Gasteiger partial charge in [0.1, 0.15) is 12.1 Å². The predicted octanol–water partition coefficient (Wildman–Crippen LogP) is 3.62. The van der Waals surface area contributed by atoms with Gasteiger partial charge >= 0.3 is 0 Å². The summed E-state index contributed by atoms with van der Waals surface area (Å²) in [5.74, 6) is 0.958. The van der Waals surface area contributed by atoms with Gasteiger partial charge in [0.2, 0.25) is 5.91 Å². The van der Waals surface area contributed by atoms with Crippen molar-refractivity contribution in [2.24, 2.45) is 0 Å². The van der Waals surface area contributed by atoms with E-state index in [4.69, 9.17) is 4.74 Å². The zero-order valence-corrected chi connectivity index (χ0v) is 15.7. The fourth-order valence-electron chi connectivity index (χ4n) is 2.45. The quantitative estimate of drug-likeness (QED) is 0.673. The molecule has 0 atom stereocenters. The molecular formula is C19H20N4O2S. The van der Waals surface area contributed by atoms with Crippen molar-refractivity contribution in [3.05, 3.63) is 59.9 Å². The number of amides is 1. The first-order chi connectivity index (χ1) is 12.6. The van der Waals surface area contributed by atoms with Gasteiger partial charge in [0.05, 0.1) is 12.9 Å². The zero-order valence-electron chi connectivity index (χ0n) is 14.9. The van der Waals surface area contributed by atoms with Crippen LogP contribution in [0, 0.1) is 13.8 Å². The van der Waals surface area contributed by atoms with E-state index in [0.29, 0.717) is 5.16 Å².